The standard InChI is InChI=1S/C25H19ClFN5O/c1-2-18(30-23-22-17(27)11-7-12-19(22)28-14-29-23)24-31-20-13-6-10-16(26)21(20)25(33)32(24)15-8-4-3-5-9-15/h3-14,18H,2H2,1H3,(H,28,29,30)/t18-/m0/s1. The van der Waals surface area contributed by atoms with E-state index in [1.807, 2.05) is 37.3 Å². The van der Waals surface area contributed by atoms with Gasteiger partial charge in [-0.05, 0) is 42.8 Å². The Labute approximate surface area is 193 Å². The lowest BCUT2D eigenvalue weighted by atomic mass is 10.1. The molecule has 0 radical (unpaired) electrons. The first-order valence-corrected chi connectivity index (χ1v) is 10.9. The second-order valence-electron chi connectivity index (χ2n) is 7.54. The van der Waals surface area contributed by atoms with E-state index in [9.17, 15) is 9.18 Å². The highest BCUT2D eigenvalue weighted by atomic mass is 35.5. The summed E-state index contributed by atoms with van der Waals surface area (Å²) in [5.74, 6) is 0.390. The fourth-order valence-corrected chi connectivity index (χ4v) is 4.21. The topological polar surface area (TPSA) is 72.7 Å². The number of para-hydroxylation sites is 1. The van der Waals surface area contributed by atoms with Crippen LogP contribution in [0.25, 0.3) is 27.5 Å². The number of hydrogen-bond acceptors (Lipinski definition) is 5. The molecule has 3 aromatic carbocycles. The Balaban J connectivity index is 1.74. The van der Waals surface area contributed by atoms with E-state index in [2.05, 4.69) is 15.3 Å². The van der Waals surface area contributed by atoms with Gasteiger partial charge >= 0.3 is 0 Å². The van der Waals surface area contributed by atoms with Crippen LogP contribution in [0.1, 0.15) is 25.2 Å². The number of aromatic nitrogens is 4. The minimum Gasteiger partial charge on any atom is -0.359 e. The van der Waals surface area contributed by atoms with Gasteiger partial charge in [-0.15, -0.1) is 0 Å². The molecule has 2 heterocycles. The first-order valence-electron chi connectivity index (χ1n) is 10.5. The van der Waals surface area contributed by atoms with E-state index in [1.54, 1.807) is 34.9 Å². The first-order chi connectivity index (χ1) is 16.1. The van der Waals surface area contributed by atoms with Gasteiger partial charge in [0.05, 0.1) is 38.6 Å². The van der Waals surface area contributed by atoms with Crippen LogP contribution >= 0.6 is 11.6 Å². The predicted octanol–water partition coefficient (Wildman–Crippen LogP) is 5.68. The summed E-state index contributed by atoms with van der Waals surface area (Å²) < 4.78 is 16.2. The monoisotopic (exact) mass is 459 g/mol. The van der Waals surface area contributed by atoms with Crippen molar-refractivity contribution in [2.24, 2.45) is 0 Å². The van der Waals surface area contributed by atoms with Crippen molar-refractivity contribution < 1.29 is 4.39 Å². The van der Waals surface area contributed by atoms with Crippen molar-refractivity contribution in [1.82, 2.24) is 19.5 Å². The molecule has 2 aromatic heterocycles. The SMILES string of the molecule is CC[C@H](Nc1ncnc2cccc(F)c12)c1nc2cccc(Cl)c2c(=O)n1-c1ccccc1. The van der Waals surface area contributed by atoms with Crippen molar-refractivity contribution in [2.45, 2.75) is 19.4 Å². The van der Waals surface area contributed by atoms with Crippen molar-refractivity contribution in [1.29, 1.82) is 0 Å². The highest BCUT2D eigenvalue weighted by molar-refractivity contribution is 6.35. The van der Waals surface area contributed by atoms with Gasteiger partial charge in [0.25, 0.3) is 5.56 Å². The quantitative estimate of drug-likeness (QED) is 0.366. The second-order valence-corrected chi connectivity index (χ2v) is 7.95. The molecule has 0 spiro atoms. The van der Waals surface area contributed by atoms with Crippen molar-refractivity contribution in [2.75, 3.05) is 5.32 Å². The number of nitrogens with zero attached hydrogens (tertiary/aromatic N) is 4. The van der Waals surface area contributed by atoms with Gasteiger partial charge in [-0.25, -0.2) is 19.3 Å². The molecular formula is C25H19ClFN5O. The van der Waals surface area contributed by atoms with Crippen LogP contribution in [0.2, 0.25) is 5.02 Å². The van der Waals surface area contributed by atoms with E-state index in [1.165, 1.54) is 12.4 Å². The second kappa shape index (κ2) is 8.60. The Morgan fingerprint density at radius 1 is 0.970 bits per heavy atom. The molecule has 0 aliphatic carbocycles. The van der Waals surface area contributed by atoms with Crippen LogP contribution in [-0.4, -0.2) is 19.5 Å². The molecule has 6 nitrogen and oxygen atoms in total. The minimum absolute atomic E-state index is 0.272. The molecule has 0 saturated heterocycles. The molecule has 0 bridgehead atoms. The molecule has 0 fully saturated rings. The fraction of sp³-hybridized carbons (Fsp3) is 0.120. The molecule has 0 unspecified atom stereocenters. The predicted molar refractivity (Wildman–Crippen MR) is 129 cm³/mol. The zero-order chi connectivity index (χ0) is 22.9. The Kier molecular flexibility index (Phi) is 5.48. The Bertz CT molecular complexity index is 1530. The molecule has 1 atom stereocenters. The zero-order valence-electron chi connectivity index (χ0n) is 17.7. The lowest BCUT2D eigenvalue weighted by Crippen LogP contribution is -2.28. The lowest BCUT2D eigenvalue weighted by molar-refractivity contribution is 0.636. The average molecular weight is 460 g/mol. The number of rotatable bonds is 5. The van der Waals surface area contributed by atoms with E-state index in [0.29, 0.717) is 45.2 Å². The van der Waals surface area contributed by atoms with Crippen LogP contribution in [0.4, 0.5) is 10.2 Å². The average Bonchev–Trinajstić information content (AvgIpc) is 2.83. The van der Waals surface area contributed by atoms with Gasteiger partial charge in [0.15, 0.2) is 0 Å². The lowest BCUT2D eigenvalue weighted by Gasteiger charge is -2.23. The molecule has 33 heavy (non-hydrogen) atoms. The molecule has 0 aliphatic heterocycles. The van der Waals surface area contributed by atoms with Gasteiger partial charge in [-0.2, -0.15) is 0 Å². The summed E-state index contributed by atoms with van der Waals surface area (Å²) in [6, 6.07) is 18.7. The molecule has 0 aliphatic rings. The smallest absolute Gasteiger partial charge is 0.267 e. The van der Waals surface area contributed by atoms with Crippen molar-refractivity contribution >= 4 is 39.2 Å². The van der Waals surface area contributed by atoms with Gasteiger partial charge < -0.3 is 5.32 Å². The summed E-state index contributed by atoms with van der Waals surface area (Å²) >= 11 is 6.37. The van der Waals surface area contributed by atoms with Crippen LogP contribution in [0.15, 0.2) is 77.9 Å². The van der Waals surface area contributed by atoms with E-state index in [4.69, 9.17) is 16.6 Å². The summed E-state index contributed by atoms with van der Waals surface area (Å²) in [6.45, 7) is 1.96. The Morgan fingerprint density at radius 2 is 1.73 bits per heavy atom. The molecule has 0 saturated carbocycles. The van der Waals surface area contributed by atoms with Gasteiger partial charge in [0.1, 0.15) is 23.8 Å². The van der Waals surface area contributed by atoms with Crippen LogP contribution in [-0.2, 0) is 0 Å². The maximum absolute atomic E-state index is 14.7. The molecule has 8 heteroatoms. The van der Waals surface area contributed by atoms with E-state index in [-0.39, 0.29) is 10.9 Å². The zero-order valence-corrected chi connectivity index (χ0v) is 18.4. The number of halogens is 2. The van der Waals surface area contributed by atoms with Crippen LogP contribution in [0.5, 0.6) is 0 Å². The summed E-state index contributed by atoms with van der Waals surface area (Å²) in [4.78, 5) is 26.9. The first kappa shape index (κ1) is 21.0. The summed E-state index contributed by atoms with van der Waals surface area (Å²) in [7, 11) is 0. The van der Waals surface area contributed by atoms with Crippen LogP contribution in [0, 0.1) is 5.82 Å². The van der Waals surface area contributed by atoms with Crippen LogP contribution < -0.4 is 10.9 Å². The Morgan fingerprint density at radius 3 is 2.52 bits per heavy atom. The number of benzene rings is 3. The van der Waals surface area contributed by atoms with Crippen LogP contribution in [0.3, 0.4) is 0 Å². The normalized spacial score (nSPS) is 12.2. The third-order valence-corrected chi connectivity index (χ3v) is 5.84. The van der Waals surface area contributed by atoms with Crippen molar-refractivity contribution in [3.8, 4) is 5.69 Å². The maximum atomic E-state index is 14.7. The number of nitrogens with one attached hydrogen (secondary N) is 1. The van der Waals surface area contributed by atoms with Gasteiger partial charge in [0, 0.05) is 0 Å². The maximum Gasteiger partial charge on any atom is 0.267 e. The summed E-state index contributed by atoms with van der Waals surface area (Å²) in [5, 5.41) is 4.27. The number of fused-ring (bicyclic) bond motifs is 2. The molecule has 1 N–H and O–H groups in total. The van der Waals surface area contributed by atoms with E-state index in [0.717, 1.165) is 0 Å². The fourth-order valence-electron chi connectivity index (χ4n) is 3.96. The molecule has 164 valence electrons. The molecule has 0 amide bonds. The third kappa shape index (κ3) is 3.70. The third-order valence-electron chi connectivity index (χ3n) is 5.53. The highest BCUT2D eigenvalue weighted by Gasteiger charge is 2.22. The Hall–Kier alpha value is -3.84. The van der Waals surface area contributed by atoms with Crippen molar-refractivity contribution in [3.63, 3.8) is 0 Å². The number of anilines is 1. The van der Waals surface area contributed by atoms with Crippen molar-refractivity contribution in [3.05, 3.63) is 100 Å². The molecule has 5 rings (SSSR count). The van der Waals surface area contributed by atoms with Gasteiger partial charge in [-0.1, -0.05) is 48.9 Å². The summed E-state index contributed by atoms with van der Waals surface area (Å²) in [5.41, 5.74) is 1.37. The van der Waals surface area contributed by atoms with E-state index >= 15 is 0 Å². The summed E-state index contributed by atoms with van der Waals surface area (Å²) in [6.07, 6.45) is 1.94. The van der Waals surface area contributed by atoms with Gasteiger partial charge in [0.2, 0.25) is 0 Å². The molecular weight excluding hydrogens is 441 g/mol. The largest absolute Gasteiger partial charge is 0.359 e. The van der Waals surface area contributed by atoms with E-state index < -0.39 is 11.9 Å². The minimum atomic E-state index is -0.445. The number of hydrogen-bond donors (Lipinski definition) is 1. The van der Waals surface area contributed by atoms with Gasteiger partial charge in [-0.3, -0.25) is 9.36 Å². The highest BCUT2D eigenvalue weighted by Crippen LogP contribution is 2.29. The molecule has 5 aromatic rings.